The highest BCUT2D eigenvalue weighted by molar-refractivity contribution is 6.30. The van der Waals surface area contributed by atoms with Crippen molar-refractivity contribution in [2.24, 2.45) is 5.92 Å². The van der Waals surface area contributed by atoms with Gasteiger partial charge in [-0.2, -0.15) is 5.26 Å². The van der Waals surface area contributed by atoms with Crippen LogP contribution in [0.5, 0.6) is 5.75 Å². The van der Waals surface area contributed by atoms with E-state index < -0.39 is 0 Å². The number of carbonyl (C=O) groups is 1. The number of fused-ring (bicyclic) bond motifs is 1. The fourth-order valence-corrected chi connectivity index (χ4v) is 4.49. The van der Waals surface area contributed by atoms with Crippen molar-refractivity contribution in [2.75, 3.05) is 0 Å². The molecule has 168 valence electrons. The Morgan fingerprint density at radius 3 is 2.64 bits per heavy atom. The van der Waals surface area contributed by atoms with Gasteiger partial charge in [-0.1, -0.05) is 73.8 Å². The summed E-state index contributed by atoms with van der Waals surface area (Å²) < 4.78 is 6.13. The predicted molar refractivity (Wildman–Crippen MR) is 133 cm³/mol. The maximum atomic E-state index is 13.0. The summed E-state index contributed by atoms with van der Waals surface area (Å²) in [7, 11) is 0. The first-order valence-corrected chi connectivity index (χ1v) is 11.7. The minimum Gasteiger partial charge on any atom is -0.488 e. The van der Waals surface area contributed by atoms with Crippen molar-refractivity contribution < 1.29 is 9.53 Å². The molecule has 3 aromatic rings. The van der Waals surface area contributed by atoms with E-state index in [9.17, 15) is 10.1 Å². The Kier molecular flexibility index (Phi) is 7.32. The van der Waals surface area contributed by atoms with Crippen molar-refractivity contribution in [2.45, 2.75) is 45.3 Å². The van der Waals surface area contributed by atoms with Crippen LogP contribution in [0.4, 0.5) is 0 Å². The van der Waals surface area contributed by atoms with Gasteiger partial charge in [0.25, 0.3) is 5.91 Å². The minimum absolute atomic E-state index is 0.0838. The number of rotatable bonds is 6. The summed E-state index contributed by atoms with van der Waals surface area (Å²) in [5, 5.41) is 15.5. The van der Waals surface area contributed by atoms with Crippen LogP contribution in [-0.2, 0) is 11.4 Å². The van der Waals surface area contributed by atoms with E-state index in [2.05, 4.69) is 18.3 Å². The summed E-state index contributed by atoms with van der Waals surface area (Å²) in [6.45, 7) is 2.51. The molecule has 4 nitrogen and oxygen atoms in total. The van der Waals surface area contributed by atoms with Gasteiger partial charge in [-0.15, -0.1) is 0 Å². The maximum Gasteiger partial charge on any atom is 0.262 e. The number of carbonyl (C=O) groups excluding carboxylic acids is 1. The second-order valence-corrected chi connectivity index (χ2v) is 9.06. The van der Waals surface area contributed by atoms with Gasteiger partial charge >= 0.3 is 0 Å². The Morgan fingerprint density at radius 1 is 1.12 bits per heavy atom. The lowest BCUT2D eigenvalue weighted by Gasteiger charge is -2.29. The van der Waals surface area contributed by atoms with Gasteiger partial charge in [-0.25, -0.2) is 0 Å². The average molecular weight is 459 g/mol. The fraction of sp³-hybridized carbons (Fsp3) is 0.286. The third-order valence-corrected chi connectivity index (χ3v) is 6.57. The molecule has 0 aliphatic heterocycles. The van der Waals surface area contributed by atoms with E-state index in [0.29, 0.717) is 23.3 Å². The smallest absolute Gasteiger partial charge is 0.262 e. The Labute approximate surface area is 199 Å². The molecule has 1 aliphatic carbocycles. The molecule has 1 N–H and O–H groups in total. The van der Waals surface area contributed by atoms with Crippen molar-refractivity contribution >= 4 is 34.4 Å². The Balaban J connectivity index is 1.65. The summed E-state index contributed by atoms with van der Waals surface area (Å²) in [6.07, 6.45) is 6.01. The standard InChI is InChI=1S/C28H27ClN2O2/c1-19-6-2-5-9-26(19)31-28(32)22(17-30)16-25-24-8-4-3-7-21(24)12-15-27(25)33-18-20-10-13-23(29)14-11-20/h3-4,7-8,10-16,19,26H,2,5-6,9,18H2,1H3,(H,31,32)/b22-16+/t19-,26+/m1/s1. The van der Waals surface area contributed by atoms with Crippen LogP contribution in [0.3, 0.4) is 0 Å². The molecule has 1 aliphatic rings. The van der Waals surface area contributed by atoms with Gasteiger partial charge in [0.2, 0.25) is 0 Å². The SMILES string of the molecule is C[C@@H]1CCCC[C@@H]1NC(=O)/C(C#N)=C/c1c(OCc2ccc(Cl)cc2)ccc2ccccc12. The van der Waals surface area contributed by atoms with Crippen LogP contribution in [0.25, 0.3) is 16.8 Å². The lowest BCUT2D eigenvalue weighted by atomic mass is 9.86. The number of amides is 1. The molecule has 0 bridgehead atoms. The zero-order valence-electron chi connectivity index (χ0n) is 18.7. The lowest BCUT2D eigenvalue weighted by Crippen LogP contribution is -2.41. The van der Waals surface area contributed by atoms with Crippen molar-refractivity contribution in [3.05, 3.63) is 82.4 Å². The second-order valence-electron chi connectivity index (χ2n) is 8.63. The molecule has 2 atom stereocenters. The molecule has 4 rings (SSSR count). The Morgan fingerprint density at radius 2 is 1.88 bits per heavy atom. The van der Waals surface area contributed by atoms with Gasteiger partial charge in [0.15, 0.2) is 0 Å². The first kappa shape index (κ1) is 22.9. The molecule has 0 radical (unpaired) electrons. The third kappa shape index (κ3) is 5.56. The van der Waals surface area contributed by atoms with E-state index in [4.69, 9.17) is 16.3 Å². The molecule has 1 amide bonds. The van der Waals surface area contributed by atoms with Gasteiger partial charge in [0.05, 0.1) is 0 Å². The van der Waals surface area contributed by atoms with Crippen LogP contribution in [0.1, 0.15) is 43.7 Å². The predicted octanol–water partition coefficient (Wildman–Crippen LogP) is 6.67. The van der Waals surface area contributed by atoms with Crippen LogP contribution < -0.4 is 10.1 Å². The lowest BCUT2D eigenvalue weighted by molar-refractivity contribution is -0.118. The minimum atomic E-state index is -0.326. The molecular formula is C28H27ClN2O2. The summed E-state index contributed by atoms with van der Waals surface area (Å²) in [6, 6.07) is 21.5. The van der Waals surface area contributed by atoms with E-state index in [1.807, 2.05) is 60.7 Å². The monoisotopic (exact) mass is 458 g/mol. The molecule has 1 fully saturated rings. The molecule has 0 saturated heterocycles. The van der Waals surface area contributed by atoms with Crippen molar-refractivity contribution in [3.63, 3.8) is 0 Å². The summed E-state index contributed by atoms with van der Waals surface area (Å²) >= 11 is 5.98. The largest absolute Gasteiger partial charge is 0.488 e. The van der Waals surface area contributed by atoms with Crippen LogP contribution in [-0.4, -0.2) is 11.9 Å². The van der Waals surface area contributed by atoms with Gasteiger partial charge < -0.3 is 10.1 Å². The van der Waals surface area contributed by atoms with Crippen molar-refractivity contribution in [1.82, 2.24) is 5.32 Å². The van der Waals surface area contributed by atoms with Gasteiger partial charge in [-0.3, -0.25) is 4.79 Å². The normalized spacial score (nSPS) is 18.5. The first-order chi connectivity index (χ1) is 16.0. The maximum absolute atomic E-state index is 13.0. The quantitative estimate of drug-likeness (QED) is 0.331. The number of halogens is 1. The average Bonchev–Trinajstić information content (AvgIpc) is 2.84. The molecular weight excluding hydrogens is 432 g/mol. The topological polar surface area (TPSA) is 62.1 Å². The summed E-state index contributed by atoms with van der Waals surface area (Å²) in [5.41, 5.74) is 1.79. The van der Waals surface area contributed by atoms with E-state index in [1.54, 1.807) is 6.08 Å². The van der Waals surface area contributed by atoms with Crippen LogP contribution in [0.15, 0.2) is 66.2 Å². The zero-order chi connectivity index (χ0) is 23.2. The van der Waals surface area contributed by atoms with E-state index in [0.717, 1.165) is 41.2 Å². The van der Waals surface area contributed by atoms with Gasteiger partial charge in [0.1, 0.15) is 24.0 Å². The molecule has 1 saturated carbocycles. The molecule has 5 heteroatoms. The molecule has 0 spiro atoms. The Hall–Kier alpha value is -3.29. The molecule has 33 heavy (non-hydrogen) atoms. The number of hydrogen-bond acceptors (Lipinski definition) is 3. The van der Waals surface area contributed by atoms with E-state index in [1.165, 1.54) is 6.42 Å². The first-order valence-electron chi connectivity index (χ1n) is 11.4. The van der Waals surface area contributed by atoms with E-state index >= 15 is 0 Å². The molecule has 0 aromatic heterocycles. The molecule has 0 heterocycles. The number of nitrogens with one attached hydrogen (secondary N) is 1. The van der Waals surface area contributed by atoms with Crippen molar-refractivity contribution in [1.29, 1.82) is 5.26 Å². The molecule has 0 unspecified atom stereocenters. The number of benzene rings is 3. The zero-order valence-corrected chi connectivity index (χ0v) is 19.4. The number of hydrogen-bond donors (Lipinski definition) is 1. The Bertz CT molecular complexity index is 1210. The van der Waals surface area contributed by atoms with Gasteiger partial charge in [-0.05, 0) is 59.4 Å². The van der Waals surface area contributed by atoms with Crippen molar-refractivity contribution in [3.8, 4) is 11.8 Å². The number of ether oxygens (including phenoxy) is 1. The van der Waals surface area contributed by atoms with Gasteiger partial charge in [0, 0.05) is 16.6 Å². The number of nitriles is 1. The third-order valence-electron chi connectivity index (χ3n) is 6.32. The highest BCUT2D eigenvalue weighted by Crippen LogP contribution is 2.31. The highest BCUT2D eigenvalue weighted by atomic mass is 35.5. The van der Waals surface area contributed by atoms with E-state index in [-0.39, 0.29) is 17.5 Å². The summed E-state index contributed by atoms with van der Waals surface area (Å²) in [4.78, 5) is 13.0. The fourth-order valence-electron chi connectivity index (χ4n) is 4.36. The second kappa shape index (κ2) is 10.6. The number of nitrogens with zero attached hydrogens (tertiary/aromatic N) is 1. The van der Waals surface area contributed by atoms with Crippen LogP contribution in [0, 0.1) is 17.2 Å². The highest BCUT2D eigenvalue weighted by Gasteiger charge is 2.24. The summed E-state index contributed by atoms with van der Waals surface area (Å²) in [5.74, 6) is 0.710. The van der Waals surface area contributed by atoms with Crippen LogP contribution in [0.2, 0.25) is 5.02 Å². The molecule has 3 aromatic carbocycles. The van der Waals surface area contributed by atoms with Crippen LogP contribution >= 0.6 is 11.6 Å².